The summed E-state index contributed by atoms with van der Waals surface area (Å²) >= 11 is 0. The number of nitrogens with zero attached hydrogens (tertiary/aromatic N) is 1. The van der Waals surface area contributed by atoms with Gasteiger partial charge in [0.25, 0.3) is 5.91 Å². The van der Waals surface area contributed by atoms with Crippen molar-refractivity contribution < 1.29 is 23.1 Å². The van der Waals surface area contributed by atoms with Crippen LogP contribution in [0.2, 0.25) is 0 Å². The number of rotatable bonds is 2. The van der Waals surface area contributed by atoms with Crippen LogP contribution in [-0.4, -0.2) is 23.2 Å². The molecule has 1 aliphatic heterocycles. The second-order valence-electron chi connectivity index (χ2n) is 4.55. The average molecular weight is 321 g/mol. The highest BCUT2D eigenvalue weighted by molar-refractivity contribution is 5.98. The van der Waals surface area contributed by atoms with Crippen molar-refractivity contribution in [2.24, 2.45) is 0 Å². The van der Waals surface area contributed by atoms with E-state index in [-0.39, 0.29) is 12.4 Å². The average Bonchev–Trinajstić information content (AvgIpc) is 2.50. The Bertz CT molecular complexity index is 859. The van der Waals surface area contributed by atoms with Crippen LogP contribution in [0.3, 0.4) is 0 Å². The summed E-state index contributed by atoms with van der Waals surface area (Å²) in [6.45, 7) is 0.101. The zero-order chi connectivity index (χ0) is 16.6. The normalized spacial score (nSPS) is 12.9. The smallest absolute Gasteiger partial charge is 0.349 e. The summed E-state index contributed by atoms with van der Waals surface area (Å²) in [5.74, 6) is -4.97. The summed E-state index contributed by atoms with van der Waals surface area (Å²) in [5.41, 5.74) is 0.710. The number of pyridine rings is 1. The van der Waals surface area contributed by atoms with Crippen molar-refractivity contribution in [3.8, 4) is 5.75 Å². The predicted octanol–water partition coefficient (Wildman–Crippen LogP) is 0.590. The molecule has 0 saturated heterocycles. The minimum absolute atomic E-state index is 0.101. The third kappa shape index (κ3) is 2.52. The van der Waals surface area contributed by atoms with Gasteiger partial charge < -0.3 is 15.5 Å². The van der Waals surface area contributed by atoms with E-state index in [2.05, 4.69) is 10.7 Å². The van der Waals surface area contributed by atoms with E-state index in [0.717, 1.165) is 24.3 Å². The van der Waals surface area contributed by atoms with E-state index in [1.54, 1.807) is 0 Å². The predicted molar refractivity (Wildman–Crippen MR) is 73.7 cm³/mol. The van der Waals surface area contributed by atoms with E-state index in [9.17, 15) is 23.2 Å². The van der Waals surface area contributed by atoms with Crippen LogP contribution < -0.4 is 20.9 Å². The van der Waals surface area contributed by atoms with Gasteiger partial charge in [0, 0.05) is 12.3 Å². The van der Waals surface area contributed by atoms with Crippen LogP contribution in [0.1, 0.15) is 20.8 Å². The van der Waals surface area contributed by atoms with E-state index in [1.165, 1.54) is 10.9 Å². The summed E-state index contributed by atoms with van der Waals surface area (Å²) in [6, 6.07) is 3.88. The number of ether oxygens (including phenoxy) is 1. The van der Waals surface area contributed by atoms with E-state index in [1.807, 2.05) is 0 Å². The maximum absolute atomic E-state index is 13.6. The molecule has 1 amide bonds. The number of nitrogens with one attached hydrogen (secondary N) is 2. The van der Waals surface area contributed by atoms with Gasteiger partial charge in [-0.05, 0) is 12.1 Å². The summed E-state index contributed by atoms with van der Waals surface area (Å²) < 4.78 is 33.2. The highest BCUT2D eigenvalue weighted by atomic mass is 19.1. The van der Waals surface area contributed by atoms with Gasteiger partial charge in [-0.15, -0.1) is 0 Å². The van der Waals surface area contributed by atoms with Crippen LogP contribution in [0.25, 0.3) is 0 Å². The first-order valence-corrected chi connectivity index (χ1v) is 6.43. The first kappa shape index (κ1) is 14.7. The molecule has 0 spiro atoms. The number of carbonyl (C=O) groups is 2. The number of hydrogen-bond donors (Lipinski definition) is 2. The Morgan fingerprint density at radius 3 is 2.57 bits per heavy atom. The molecule has 0 aliphatic carbocycles. The lowest BCUT2D eigenvalue weighted by atomic mass is 10.2. The van der Waals surface area contributed by atoms with Gasteiger partial charge in [-0.1, -0.05) is 6.07 Å². The quantitative estimate of drug-likeness (QED) is 0.790. The topological polar surface area (TPSA) is 89.4 Å². The zero-order valence-corrected chi connectivity index (χ0v) is 11.4. The Morgan fingerprint density at radius 2 is 1.87 bits per heavy atom. The molecule has 1 aromatic carbocycles. The third-order valence-electron chi connectivity index (χ3n) is 3.13. The number of carbonyl (C=O) groups excluding carboxylic acids is 2. The van der Waals surface area contributed by atoms with Gasteiger partial charge in [-0.2, -0.15) is 0 Å². The van der Waals surface area contributed by atoms with Crippen LogP contribution in [0.5, 0.6) is 5.75 Å². The monoisotopic (exact) mass is 321 g/mol. The second kappa shape index (κ2) is 5.52. The Balaban J connectivity index is 2.06. The molecule has 1 aliphatic rings. The Hall–Kier alpha value is -3.23. The molecule has 0 unspecified atom stereocenters. The Morgan fingerprint density at radius 1 is 1.17 bits per heavy atom. The molecule has 7 nitrogen and oxygen atoms in total. The molecule has 3 rings (SSSR count). The van der Waals surface area contributed by atoms with Crippen molar-refractivity contribution in [2.75, 3.05) is 12.1 Å². The van der Waals surface area contributed by atoms with Crippen molar-refractivity contribution in [1.82, 2.24) is 9.99 Å². The molecule has 2 heterocycles. The van der Waals surface area contributed by atoms with Gasteiger partial charge in [0.1, 0.15) is 23.9 Å². The third-order valence-corrected chi connectivity index (χ3v) is 3.13. The number of aromatic nitrogens is 1. The highest BCUT2D eigenvalue weighted by Gasteiger charge is 2.27. The molecule has 9 heteroatoms. The van der Waals surface area contributed by atoms with Gasteiger partial charge in [0.15, 0.2) is 5.69 Å². The first-order chi connectivity index (χ1) is 11.0. The van der Waals surface area contributed by atoms with Crippen LogP contribution in [0.4, 0.5) is 8.78 Å². The lowest BCUT2D eigenvalue weighted by molar-refractivity contribution is 0.0717. The molecule has 0 fully saturated rings. The van der Waals surface area contributed by atoms with E-state index < -0.39 is 40.3 Å². The maximum Gasteiger partial charge on any atom is 0.349 e. The summed E-state index contributed by atoms with van der Waals surface area (Å²) in [7, 11) is 0. The SMILES string of the molecule is O=C(Oc1c2n(ccc1=O)NCNC2=O)c1c(F)cccc1F. The first-order valence-electron chi connectivity index (χ1n) is 6.43. The molecule has 0 bridgehead atoms. The fourth-order valence-electron chi connectivity index (χ4n) is 2.09. The number of fused-ring (bicyclic) bond motifs is 1. The second-order valence-corrected chi connectivity index (χ2v) is 4.55. The van der Waals surface area contributed by atoms with Crippen LogP contribution in [0.15, 0.2) is 35.3 Å². The largest absolute Gasteiger partial charge is 0.416 e. The highest BCUT2D eigenvalue weighted by Crippen LogP contribution is 2.18. The molecule has 0 atom stereocenters. The molecule has 2 N–H and O–H groups in total. The lowest BCUT2D eigenvalue weighted by Gasteiger charge is -2.22. The van der Waals surface area contributed by atoms with Crippen LogP contribution in [0, 0.1) is 11.6 Å². The fraction of sp³-hybridized carbons (Fsp3) is 0.0714. The summed E-state index contributed by atoms with van der Waals surface area (Å²) in [6.07, 6.45) is 1.28. The van der Waals surface area contributed by atoms with E-state index in [4.69, 9.17) is 4.74 Å². The van der Waals surface area contributed by atoms with E-state index >= 15 is 0 Å². The Kier molecular flexibility index (Phi) is 3.53. The number of halogens is 2. The van der Waals surface area contributed by atoms with Crippen molar-refractivity contribution >= 4 is 11.9 Å². The fourth-order valence-corrected chi connectivity index (χ4v) is 2.09. The molecule has 1 aromatic heterocycles. The van der Waals surface area contributed by atoms with Crippen LogP contribution >= 0.6 is 0 Å². The van der Waals surface area contributed by atoms with Gasteiger partial charge in [0.05, 0.1) is 0 Å². The van der Waals surface area contributed by atoms with Crippen molar-refractivity contribution in [1.29, 1.82) is 0 Å². The summed E-state index contributed by atoms with van der Waals surface area (Å²) in [4.78, 5) is 35.7. The van der Waals surface area contributed by atoms with Crippen LogP contribution in [-0.2, 0) is 0 Å². The number of amides is 1. The maximum atomic E-state index is 13.6. The molecule has 23 heavy (non-hydrogen) atoms. The van der Waals surface area contributed by atoms with Gasteiger partial charge in [0.2, 0.25) is 11.2 Å². The van der Waals surface area contributed by atoms with E-state index in [0.29, 0.717) is 0 Å². The number of benzene rings is 1. The number of hydrogen-bond acceptors (Lipinski definition) is 5. The molecular formula is C14H9F2N3O4. The minimum atomic E-state index is -1.41. The standard InChI is InChI=1S/C14H9F2N3O4/c15-7-2-1-3-8(16)10(7)14(22)23-12-9(20)4-5-19-11(12)13(21)17-6-18-19/h1-5,18H,6H2,(H,17,21). The molecular weight excluding hydrogens is 312 g/mol. The summed E-state index contributed by atoms with van der Waals surface area (Å²) in [5, 5.41) is 2.39. The van der Waals surface area contributed by atoms with Crippen molar-refractivity contribution in [3.05, 3.63) is 63.6 Å². The van der Waals surface area contributed by atoms with Crippen molar-refractivity contribution in [2.45, 2.75) is 0 Å². The van der Waals surface area contributed by atoms with Gasteiger partial charge in [-0.3, -0.25) is 14.3 Å². The molecule has 0 radical (unpaired) electrons. The van der Waals surface area contributed by atoms with Crippen molar-refractivity contribution in [3.63, 3.8) is 0 Å². The molecule has 0 saturated carbocycles. The molecule has 2 aromatic rings. The van der Waals surface area contributed by atoms with Gasteiger partial charge >= 0.3 is 5.97 Å². The number of esters is 1. The Labute approximate surface area is 127 Å². The minimum Gasteiger partial charge on any atom is -0.416 e. The van der Waals surface area contributed by atoms with Gasteiger partial charge in [-0.25, -0.2) is 13.6 Å². The molecule has 118 valence electrons. The zero-order valence-electron chi connectivity index (χ0n) is 11.4. The lowest BCUT2D eigenvalue weighted by Crippen LogP contribution is -2.43.